The second-order valence-electron chi connectivity index (χ2n) is 3.28. The van der Waals surface area contributed by atoms with Crippen LogP contribution in [0.1, 0.15) is 18.9 Å². The molecule has 0 spiro atoms. The second-order valence-corrected chi connectivity index (χ2v) is 3.28. The average Bonchev–Trinajstić information content (AvgIpc) is 2.36. The first kappa shape index (κ1) is 13.1. The van der Waals surface area contributed by atoms with Gasteiger partial charge in [-0.05, 0) is 18.2 Å². The largest absolute Gasteiger partial charge is 0.495 e. The molecule has 0 aromatic heterocycles. The molecule has 0 radical (unpaired) electrons. The molecule has 0 aliphatic carbocycles. The van der Waals surface area contributed by atoms with E-state index in [1.54, 1.807) is 25.1 Å². The number of methoxy groups -OCH3 is 1. The summed E-state index contributed by atoms with van der Waals surface area (Å²) >= 11 is 0. The van der Waals surface area contributed by atoms with E-state index in [1.807, 2.05) is 0 Å². The molecule has 0 heterocycles. The first-order chi connectivity index (χ1) is 8.21. The van der Waals surface area contributed by atoms with E-state index in [9.17, 15) is 4.79 Å². The minimum atomic E-state index is -0.192. The SMILES string of the molecule is CCC(=O)Nc1cc(C#CCO)ccc1OC. The third-order valence-corrected chi connectivity index (χ3v) is 2.11. The molecular formula is C13H15NO3. The molecule has 0 aliphatic heterocycles. The van der Waals surface area contributed by atoms with Gasteiger partial charge in [0.2, 0.25) is 5.91 Å². The van der Waals surface area contributed by atoms with Crippen molar-refractivity contribution in [1.29, 1.82) is 0 Å². The Hall–Kier alpha value is -1.99. The van der Waals surface area contributed by atoms with Crippen molar-refractivity contribution >= 4 is 11.6 Å². The third kappa shape index (κ3) is 3.82. The van der Waals surface area contributed by atoms with Crippen LogP contribution < -0.4 is 10.1 Å². The van der Waals surface area contributed by atoms with E-state index in [0.717, 1.165) is 0 Å². The summed E-state index contributed by atoms with van der Waals surface area (Å²) in [7, 11) is 1.54. The van der Waals surface area contributed by atoms with Crippen LogP contribution in [-0.2, 0) is 4.79 Å². The number of anilines is 1. The summed E-state index contributed by atoms with van der Waals surface area (Å²) in [6.45, 7) is 1.58. The smallest absolute Gasteiger partial charge is 0.224 e. The van der Waals surface area contributed by atoms with Crippen LogP contribution in [0.4, 0.5) is 5.69 Å². The number of aliphatic hydroxyl groups excluding tert-OH is 1. The maximum atomic E-state index is 11.3. The van der Waals surface area contributed by atoms with Gasteiger partial charge in [-0.15, -0.1) is 0 Å². The number of aliphatic hydroxyl groups is 1. The fourth-order valence-electron chi connectivity index (χ4n) is 1.26. The summed E-state index contributed by atoms with van der Waals surface area (Å²) in [5, 5.41) is 11.3. The highest BCUT2D eigenvalue weighted by molar-refractivity contribution is 5.92. The summed E-state index contributed by atoms with van der Waals surface area (Å²) in [4.78, 5) is 11.3. The van der Waals surface area contributed by atoms with Gasteiger partial charge in [-0.1, -0.05) is 18.8 Å². The van der Waals surface area contributed by atoms with Crippen LogP contribution in [0.2, 0.25) is 0 Å². The Morgan fingerprint density at radius 1 is 1.53 bits per heavy atom. The maximum Gasteiger partial charge on any atom is 0.224 e. The zero-order chi connectivity index (χ0) is 12.7. The molecule has 1 aromatic carbocycles. The van der Waals surface area contributed by atoms with E-state index in [4.69, 9.17) is 9.84 Å². The van der Waals surface area contributed by atoms with Crippen molar-refractivity contribution in [2.24, 2.45) is 0 Å². The molecule has 1 aromatic rings. The number of amides is 1. The zero-order valence-corrected chi connectivity index (χ0v) is 9.91. The quantitative estimate of drug-likeness (QED) is 0.775. The molecule has 2 N–H and O–H groups in total. The van der Waals surface area contributed by atoms with Gasteiger partial charge in [0.25, 0.3) is 0 Å². The van der Waals surface area contributed by atoms with Gasteiger partial charge >= 0.3 is 0 Å². The lowest BCUT2D eigenvalue weighted by Gasteiger charge is -2.09. The molecule has 4 heteroatoms. The maximum absolute atomic E-state index is 11.3. The number of benzene rings is 1. The van der Waals surface area contributed by atoms with E-state index < -0.39 is 0 Å². The van der Waals surface area contributed by atoms with E-state index in [0.29, 0.717) is 23.4 Å². The first-order valence-electron chi connectivity index (χ1n) is 5.28. The fraction of sp³-hybridized carbons (Fsp3) is 0.308. The van der Waals surface area contributed by atoms with Gasteiger partial charge < -0.3 is 15.2 Å². The van der Waals surface area contributed by atoms with Crippen molar-refractivity contribution in [2.75, 3.05) is 19.0 Å². The molecule has 90 valence electrons. The van der Waals surface area contributed by atoms with Crippen LogP contribution >= 0.6 is 0 Å². The molecule has 17 heavy (non-hydrogen) atoms. The number of carbonyl (C=O) groups is 1. The van der Waals surface area contributed by atoms with Gasteiger partial charge in [-0.2, -0.15) is 0 Å². The van der Waals surface area contributed by atoms with Crippen LogP contribution in [0.5, 0.6) is 5.75 Å². The Kier molecular flexibility index (Phi) is 5.05. The van der Waals surface area contributed by atoms with Gasteiger partial charge in [0, 0.05) is 12.0 Å². The second kappa shape index (κ2) is 6.56. The average molecular weight is 233 g/mol. The molecule has 4 nitrogen and oxygen atoms in total. The first-order valence-corrected chi connectivity index (χ1v) is 5.28. The highest BCUT2D eigenvalue weighted by Crippen LogP contribution is 2.25. The minimum Gasteiger partial charge on any atom is -0.495 e. The van der Waals surface area contributed by atoms with Gasteiger partial charge in [0.1, 0.15) is 12.4 Å². The molecule has 0 unspecified atom stereocenters. The lowest BCUT2D eigenvalue weighted by Crippen LogP contribution is -2.10. The molecule has 0 bridgehead atoms. The lowest BCUT2D eigenvalue weighted by atomic mass is 10.2. The van der Waals surface area contributed by atoms with Crippen LogP contribution in [0, 0.1) is 11.8 Å². The third-order valence-electron chi connectivity index (χ3n) is 2.11. The molecule has 0 aliphatic rings. The summed E-state index contributed by atoms with van der Waals surface area (Å²) in [6.07, 6.45) is 0.399. The minimum absolute atomic E-state index is 0.0874. The van der Waals surface area contributed by atoms with E-state index in [-0.39, 0.29) is 12.5 Å². The van der Waals surface area contributed by atoms with E-state index >= 15 is 0 Å². The molecule has 1 rings (SSSR count). The van der Waals surface area contributed by atoms with Gasteiger partial charge in [0.15, 0.2) is 0 Å². The molecular weight excluding hydrogens is 218 g/mol. The predicted molar refractivity (Wildman–Crippen MR) is 65.9 cm³/mol. The highest BCUT2D eigenvalue weighted by atomic mass is 16.5. The number of ether oxygens (including phenoxy) is 1. The predicted octanol–water partition coefficient (Wildman–Crippen LogP) is 1.39. The molecule has 0 atom stereocenters. The Morgan fingerprint density at radius 3 is 2.88 bits per heavy atom. The van der Waals surface area contributed by atoms with Crippen LogP contribution in [0.25, 0.3) is 0 Å². The summed E-state index contributed by atoms with van der Waals surface area (Å²) < 4.78 is 5.14. The standard InChI is InChI=1S/C13H15NO3/c1-3-13(16)14-11-9-10(5-4-8-15)6-7-12(11)17-2/h6-7,9,15H,3,8H2,1-2H3,(H,14,16). The van der Waals surface area contributed by atoms with Crippen molar-refractivity contribution in [1.82, 2.24) is 0 Å². The van der Waals surface area contributed by atoms with Gasteiger partial charge in [-0.3, -0.25) is 4.79 Å². The number of rotatable bonds is 3. The van der Waals surface area contributed by atoms with Crippen molar-refractivity contribution < 1.29 is 14.6 Å². The van der Waals surface area contributed by atoms with Crippen molar-refractivity contribution in [3.63, 3.8) is 0 Å². The van der Waals surface area contributed by atoms with Crippen molar-refractivity contribution in [3.05, 3.63) is 23.8 Å². The van der Waals surface area contributed by atoms with Crippen LogP contribution in [0.15, 0.2) is 18.2 Å². The fourth-order valence-corrected chi connectivity index (χ4v) is 1.26. The highest BCUT2D eigenvalue weighted by Gasteiger charge is 2.06. The van der Waals surface area contributed by atoms with Gasteiger partial charge in [-0.25, -0.2) is 0 Å². The number of carbonyl (C=O) groups excluding carboxylic acids is 1. The Bertz CT molecular complexity index is 457. The Balaban J connectivity index is 3.01. The molecule has 1 amide bonds. The molecule has 0 saturated carbocycles. The van der Waals surface area contributed by atoms with E-state index in [2.05, 4.69) is 17.2 Å². The van der Waals surface area contributed by atoms with Crippen molar-refractivity contribution in [2.45, 2.75) is 13.3 Å². The van der Waals surface area contributed by atoms with Crippen LogP contribution in [-0.4, -0.2) is 24.7 Å². The zero-order valence-electron chi connectivity index (χ0n) is 9.91. The van der Waals surface area contributed by atoms with Crippen LogP contribution in [0.3, 0.4) is 0 Å². The summed E-state index contributed by atoms with van der Waals surface area (Å²) in [5.41, 5.74) is 1.30. The Morgan fingerprint density at radius 2 is 2.29 bits per heavy atom. The molecule has 0 saturated heterocycles. The Labute approximate surface area is 101 Å². The lowest BCUT2D eigenvalue weighted by molar-refractivity contribution is -0.115. The topological polar surface area (TPSA) is 58.6 Å². The normalized spacial score (nSPS) is 9.12. The van der Waals surface area contributed by atoms with E-state index in [1.165, 1.54) is 7.11 Å². The summed E-state index contributed by atoms with van der Waals surface area (Å²) in [6, 6.07) is 5.21. The number of hydrogen-bond donors (Lipinski definition) is 2. The molecule has 0 fully saturated rings. The number of nitrogens with one attached hydrogen (secondary N) is 1. The van der Waals surface area contributed by atoms with Gasteiger partial charge in [0.05, 0.1) is 12.8 Å². The number of hydrogen-bond acceptors (Lipinski definition) is 3. The van der Waals surface area contributed by atoms with Crippen molar-refractivity contribution in [3.8, 4) is 17.6 Å². The monoisotopic (exact) mass is 233 g/mol. The summed E-state index contributed by atoms with van der Waals surface area (Å²) in [5.74, 6) is 5.82.